The number of aromatic carboxylic acids is 1. The van der Waals surface area contributed by atoms with Gasteiger partial charge in [-0.2, -0.15) is 0 Å². The Morgan fingerprint density at radius 1 is 1.03 bits per heavy atom. The van der Waals surface area contributed by atoms with Crippen LogP contribution in [0.15, 0.2) is 65.5 Å². The van der Waals surface area contributed by atoms with E-state index in [1.54, 1.807) is 36.4 Å². The van der Waals surface area contributed by atoms with E-state index in [1.807, 2.05) is 0 Å². The molecule has 148 valence electrons. The second kappa shape index (κ2) is 7.88. The van der Waals surface area contributed by atoms with Gasteiger partial charge in [-0.1, -0.05) is 29.8 Å². The first-order valence-corrected chi connectivity index (χ1v) is 9.17. The molecule has 4 rings (SSSR count). The monoisotopic (exact) mass is 421 g/mol. The van der Waals surface area contributed by atoms with Gasteiger partial charge in [0.05, 0.1) is 27.3 Å². The highest BCUT2D eigenvalue weighted by Crippen LogP contribution is 2.22. The van der Waals surface area contributed by atoms with Gasteiger partial charge in [0.15, 0.2) is 0 Å². The summed E-state index contributed by atoms with van der Waals surface area (Å²) in [7, 11) is 0. The Kier molecular flexibility index (Phi) is 5.12. The normalized spacial score (nSPS) is 11.3. The van der Waals surface area contributed by atoms with Gasteiger partial charge in [0.1, 0.15) is 17.3 Å². The van der Waals surface area contributed by atoms with Crippen LogP contribution in [-0.4, -0.2) is 25.6 Å². The van der Waals surface area contributed by atoms with Crippen LogP contribution in [0.25, 0.3) is 28.7 Å². The number of benzene rings is 2. The van der Waals surface area contributed by atoms with Crippen LogP contribution in [0.5, 0.6) is 0 Å². The number of fused-ring (bicyclic) bond motifs is 1. The summed E-state index contributed by atoms with van der Waals surface area (Å²) >= 11 is 6.29. The highest BCUT2D eigenvalue weighted by atomic mass is 35.5. The van der Waals surface area contributed by atoms with Gasteiger partial charge in [0.25, 0.3) is 5.56 Å². The Balaban J connectivity index is 1.94. The number of hydrogen-bond acceptors (Lipinski definition) is 4. The minimum atomic E-state index is -1.15. The smallest absolute Gasteiger partial charge is 0.354 e. The second-order valence-electron chi connectivity index (χ2n) is 6.31. The maximum Gasteiger partial charge on any atom is 0.354 e. The lowest BCUT2D eigenvalue weighted by Gasteiger charge is -2.12. The Hall–Kier alpha value is -3.84. The van der Waals surface area contributed by atoms with Crippen molar-refractivity contribution in [1.82, 2.24) is 14.5 Å². The first-order chi connectivity index (χ1) is 14.4. The topological polar surface area (TPSA) is 85.1 Å². The van der Waals surface area contributed by atoms with Crippen molar-refractivity contribution in [2.45, 2.75) is 0 Å². The molecule has 0 spiro atoms. The van der Waals surface area contributed by atoms with E-state index < -0.39 is 17.3 Å². The lowest BCUT2D eigenvalue weighted by molar-refractivity contribution is 0.0690. The molecule has 4 aromatic rings. The molecule has 0 saturated heterocycles. The number of nitrogens with zero attached hydrogens (tertiary/aromatic N) is 3. The van der Waals surface area contributed by atoms with Gasteiger partial charge in [0, 0.05) is 0 Å². The standard InChI is InChI=1S/C22H13ClFN3O3/c23-16-5-1-2-7-19(16)27-20(11-9-14-4-3-6-18(25-14)22(29)30)26-17-10-8-13(24)12-15(17)21(27)28/h1-12H,(H,29,30)/b11-9-. The summed E-state index contributed by atoms with van der Waals surface area (Å²) < 4.78 is 15.0. The largest absolute Gasteiger partial charge is 0.477 e. The van der Waals surface area contributed by atoms with Crippen LogP contribution in [0.2, 0.25) is 5.02 Å². The lowest BCUT2D eigenvalue weighted by atomic mass is 10.2. The summed E-state index contributed by atoms with van der Waals surface area (Å²) in [5.41, 5.74) is 0.475. The van der Waals surface area contributed by atoms with Crippen LogP contribution in [0, 0.1) is 5.82 Å². The molecule has 0 fully saturated rings. The SMILES string of the molecule is O=C(O)c1cccc(/C=C\c2nc3ccc(F)cc3c(=O)n2-c2ccccc2Cl)n1. The Bertz CT molecular complexity index is 1380. The fourth-order valence-electron chi connectivity index (χ4n) is 2.98. The van der Waals surface area contributed by atoms with Crippen molar-refractivity contribution in [3.05, 3.63) is 99.1 Å². The van der Waals surface area contributed by atoms with Gasteiger partial charge >= 0.3 is 5.97 Å². The minimum absolute atomic E-state index is 0.109. The molecule has 2 heterocycles. The molecule has 0 amide bonds. The third-order valence-electron chi connectivity index (χ3n) is 4.34. The molecule has 0 radical (unpaired) electrons. The van der Waals surface area contributed by atoms with E-state index in [1.165, 1.54) is 34.9 Å². The molecule has 30 heavy (non-hydrogen) atoms. The summed E-state index contributed by atoms with van der Waals surface area (Å²) in [4.78, 5) is 32.8. The summed E-state index contributed by atoms with van der Waals surface area (Å²) in [6.07, 6.45) is 3.07. The van der Waals surface area contributed by atoms with Gasteiger partial charge in [-0.25, -0.2) is 19.2 Å². The number of carboxylic acids is 1. The van der Waals surface area contributed by atoms with Crippen molar-refractivity contribution in [3.63, 3.8) is 0 Å². The minimum Gasteiger partial charge on any atom is -0.477 e. The number of carboxylic acid groups (broad SMARTS) is 1. The Morgan fingerprint density at radius 3 is 2.60 bits per heavy atom. The summed E-state index contributed by atoms with van der Waals surface area (Å²) in [6.45, 7) is 0. The van der Waals surface area contributed by atoms with Crippen LogP contribution < -0.4 is 5.56 Å². The molecule has 0 saturated carbocycles. The van der Waals surface area contributed by atoms with Crippen LogP contribution in [0.1, 0.15) is 22.0 Å². The van der Waals surface area contributed by atoms with Crippen LogP contribution >= 0.6 is 11.6 Å². The third-order valence-corrected chi connectivity index (χ3v) is 4.66. The number of hydrogen-bond donors (Lipinski definition) is 1. The second-order valence-corrected chi connectivity index (χ2v) is 6.72. The van der Waals surface area contributed by atoms with Crippen molar-refractivity contribution in [3.8, 4) is 5.69 Å². The molecule has 2 aromatic carbocycles. The molecule has 0 unspecified atom stereocenters. The molecule has 1 N–H and O–H groups in total. The average molecular weight is 422 g/mol. The van der Waals surface area contributed by atoms with E-state index in [9.17, 15) is 14.0 Å². The Morgan fingerprint density at radius 2 is 1.83 bits per heavy atom. The summed E-state index contributed by atoms with van der Waals surface area (Å²) in [6, 6.07) is 15.1. The molecule has 0 aliphatic heterocycles. The van der Waals surface area contributed by atoms with Crippen molar-refractivity contribution in [1.29, 1.82) is 0 Å². The van der Waals surface area contributed by atoms with E-state index in [2.05, 4.69) is 9.97 Å². The fraction of sp³-hybridized carbons (Fsp3) is 0. The predicted molar refractivity (Wildman–Crippen MR) is 112 cm³/mol. The quantitative estimate of drug-likeness (QED) is 0.526. The number of pyridine rings is 1. The molecule has 0 atom stereocenters. The molecular formula is C22H13ClFN3O3. The number of carbonyl (C=O) groups is 1. The van der Waals surface area contributed by atoms with Crippen molar-refractivity contribution in [2.24, 2.45) is 0 Å². The number of rotatable bonds is 4. The molecule has 8 heteroatoms. The van der Waals surface area contributed by atoms with Crippen molar-refractivity contribution in [2.75, 3.05) is 0 Å². The maximum atomic E-state index is 13.7. The first-order valence-electron chi connectivity index (χ1n) is 8.80. The van der Waals surface area contributed by atoms with Crippen LogP contribution in [0.4, 0.5) is 4.39 Å². The fourth-order valence-corrected chi connectivity index (χ4v) is 3.20. The van der Waals surface area contributed by atoms with Crippen molar-refractivity contribution >= 4 is 40.6 Å². The summed E-state index contributed by atoms with van der Waals surface area (Å²) in [5.74, 6) is -1.47. The number of para-hydroxylation sites is 1. The molecular weight excluding hydrogens is 409 g/mol. The van der Waals surface area contributed by atoms with Crippen LogP contribution in [-0.2, 0) is 0 Å². The third kappa shape index (κ3) is 3.70. The van der Waals surface area contributed by atoms with E-state index in [0.29, 0.717) is 21.9 Å². The molecule has 2 aromatic heterocycles. The molecule has 0 bridgehead atoms. The predicted octanol–water partition coefficient (Wildman–Crippen LogP) is 4.44. The van der Waals surface area contributed by atoms with Gasteiger partial charge < -0.3 is 5.11 Å². The average Bonchev–Trinajstić information content (AvgIpc) is 2.74. The van der Waals surface area contributed by atoms with Gasteiger partial charge in [0.2, 0.25) is 0 Å². The number of aromatic nitrogens is 3. The van der Waals surface area contributed by atoms with E-state index in [-0.39, 0.29) is 16.9 Å². The summed E-state index contributed by atoms with van der Waals surface area (Å²) in [5, 5.41) is 9.53. The van der Waals surface area contributed by atoms with Gasteiger partial charge in [-0.15, -0.1) is 0 Å². The molecule has 0 aliphatic carbocycles. The van der Waals surface area contributed by atoms with Crippen molar-refractivity contribution < 1.29 is 14.3 Å². The van der Waals surface area contributed by atoms with E-state index >= 15 is 0 Å². The molecule has 6 nitrogen and oxygen atoms in total. The zero-order valence-corrected chi connectivity index (χ0v) is 16.0. The zero-order chi connectivity index (χ0) is 21.3. The lowest BCUT2D eigenvalue weighted by Crippen LogP contribution is -2.22. The van der Waals surface area contributed by atoms with E-state index in [4.69, 9.17) is 16.7 Å². The number of halogens is 2. The maximum absolute atomic E-state index is 13.7. The first kappa shape index (κ1) is 19.5. The molecule has 0 aliphatic rings. The zero-order valence-electron chi connectivity index (χ0n) is 15.3. The van der Waals surface area contributed by atoms with E-state index in [0.717, 1.165) is 6.07 Å². The highest BCUT2D eigenvalue weighted by Gasteiger charge is 2.14. The Labute approximate surface area is 174 Å². The van der Waals surface area contributed by atoms with Crippen LogP contribution in [0.3, 0.4) is 0 Å². The highest BCUT2D eigenvalue weighted by molar-refractivity contribution is 6.32. The van der Waals surface area contributed by atoms with Gasteiger partial charge in [-0.05, 0) is 54.6 Å². The van der Waals surface area contributed by atoms with Gasteiger partial charge in [-0.3, -0.25) is 9.36 Å².